The Hall–Kier alpha value is -2.80. The van der Waals surface area contributed by atoms with Crippen molar-refractivity contribution in [1.82, 2.24) is 4.90 Å². The van der Waals surface area contributed by atoms with Crippen molar-refractivity contribution in [2.75, 3.05) is 20.3 Å². The van der Waals surface area contributed by atoms with E-state index in [1.165, 1.54) is 4.90 Å². The Labute approximate surface area is 203 Å². The number of likely N-dealkylation sites (tertiary alicyclic amines) is 1. The molecule has 1 unspecified atom stereocenters. The van der Waals surface area contributed by atoms with Crippen LogP contribution in [0.5, 0.6) is 11.5 Å². The zero-order valence-corrected chi connectivity index (χ0v) is 20.9. The molecule has 2 aromatic carbocycles. The highest BCUT2D eigenvalue weighted by atomic mass is 79.9. The third kappa shape index (κ3) is 5.41. The van der Waals surface area contributed by atoms with Gasteiger partial charge in [0.1, 0.15) is 17.3 Å². The quantitative estimate of drug-likeness (QED) is 0.185. The summed E-state index contributed by atoms with van der Waals surface area (Å²) in [5, 5.41) is 11.1. The number of hydrogen-bond acceptors (Lipinski definition) is 5. The number of hydrogen-bond donors (Lipinski definition) is 1. The van der Waals surface area contributed by atoms with Crippen LogP contribution < -0.4 is 9.47 Å². The molecule has 0 saturated carbocycles. The fourth-order valence-electron chi connectivity index (χ4n) is 3.96. The number of carbonyl (C=O) groups excluding carboxylic acids is 2. The first-order valence-corrected chi connectivity index (χ1v) is 12.1. The monoisotopic (exact) mass is 515 g/mol. The molecule has 0 bridgehead atoms. The molecule has 6 nitrogen and oxygen atoms in total. The van der Waals surface area contributed by atoms with Crippen LogP contribution in [-0.4, -0.2) is 42.0 Å². The van der Waals surface area contributed by atoms with Crippen LogP contribution in [-0.2, 0) is 9.59 Å². The van der Waals surface area contributed by atoms with E-state index in [1.54, 1.807) is 25.3 Å². The van der Waals surface area contributed by atoms with Gasteiger partial charge in [0, 0.05) is 12.1 Å². The molecule has 0 radical (unpaired) electrons. The maximum Gasteiger partial charge on any atom is 0.295 e. The number of carbonyl (C=O) groups is 2. The number of nitrogens with zero attached hydrogens (tertiary/aromatic N) is 1. The molecule has 2 aromatic rings. The van der Waals surface area contributed by atoms with Gasteiger partial charge in [-0.15, -0.1) is 0 Å². The standard InChI is InChI=1S/C26H30BrNO5/c1-4-6-7-15-33-19-11-8-17(9-12-19)23-22(25(30)26(31)28(23)14-5-2)24(29)18-10-13-21(32-3)20(27)16-18/h8-13,16,23,29H,4-7,14-15H2,1-3H3/b24-22-. The van der Waals surface area contributed by atoms with Crippen LogP contribution in [0.25, 0.3) is 5.76 Å². The third-order valence-electron chi connectivity index (χ3n) is 5.64. The summed E-state index contributed by atoms with van der Waals surface area (Å²) in [6, 6.07) is 11.8. The van der Waals surface area contributed by atoms with E-state index in [9.17, 15) is 14.7 Å². The van der Waals surface area contributed by atoms with Crippen LogP contribution in [0, 0.1) is 0 Å². The van der Waals surface area contributed by atoms with Gasteiger partial charge in [0.15, 0.2) is 0 Å². The molecule has 0 aromatic heterocycles. The molecule has 0 spiro atoms. The predicted octanol–water partition coefficient (Wildman–Crippen LogP) is 5.86. The lowest BCUT2D eigenvalue weighted by atomic mass is 9.95. The van der Waals surface area contributed by atoms with Gasteiger partial charge >= 0.3 is 0 Å². The van der Waals surface area contributed by atoms with Crippen LogP contribution in [0.2, 0.25) is 0 Å². The van der Waals surface area contributed by atoms with E-state index >= 15 is 0 Å². The van der Waals surface area contributed by atoms with Crippen molar-refractivity contribution < 1.29 is 24.2 Å². The molecule has 1 fully saturated rings. The molecule has 1 heterocycles. The van der Waals surface area contributed by atoms with Crippen LogP contribution >= 0.6 is 15.9 Å². The van der Waals surface area contributed by atoms with Crippen molar-refractivity contribution in [1.29, 1.82) is 0 Å². The minimum atomic E-state index is -0.683. The molecule has 7 heteroatoms. The smallest absolute Gasteiger partial charge is 0.295 e. The SMILES string of the molecule is CCCCCOc1ccc(C2/C(=C(/O)c3ccc(OC)c(Br)c3)C(=O)C(=O)N2CCC)cc1. The van der Waals surface area contributed by atoms with Crippen molar-refractivity contribution >= 4 is 33.4 Å². The van der Waals surface area contributed by atoms with Crippen molar-refractivity contribution in [3.8, 4) is 11.5 Å². The van der Waals surface area contributed by atoms with Gasteiger partial charge in [-0.05, 0) is 64.7 Å². The van der Waals surface area contributed by atoms with Gasteiger partial charge in [0.05, 0.1) is 29.8 Å². The van der Waals surface area contributed by atoms with E-state index < -0.39 is 17.7 Å². The zero-order chi connectivity index (χ0) is 24.0. The van der Waals surface area contributed by atoms with E-state index in [1.807, 2.05) is 31.2 Å². The Morgan fingerprint density at radius 1 is 1.06 bits per heavy atom. The van der Waals surface area contributed by atoms with Crippen LogP contribution in [0.4, 0.5) is 0 Å². The lowest BCUT2D eigenvalue weighted by Gasteiger charge is -2.25. The Bertz CT molecular complexity index is 1030. The number of halogens is 1. The second-order valence-corrected chi connectivity index (χ2v) is 8.82. The number of ketones is 1. The average molecular weight is 516 g/mol. The van der Waals surface area contributed by atoms with E-state index in [4.69, 9.17) is 9.47 Å². The number of amides is 1. The summed E-state index contributed by atoms with van der Waals surface area (Å²) in [4.78, 5) is 27.4. The summed E-state index contributed by atoms with van der Waals surface area (Å²) in [6.07, 6.45) is 3.93. The molecule has 1 N–H and O–H groups in total. The maximum atomic E-state index is 13.0. The number of methoxy groups -OCH3 is 1. The van der Waals surface area contributed by atoms with Gasteiger partial charge in [-0.3, -0.25) is 9.59 Å². The molecule has 1 aliphatic rings. The summed E-state index contributed by atoms with van der Waals surface area (Å²) >= 11 is 3.41. The van der Waals surface area contributed by atoms with E-state index in [2.05, 4.69) is 22.9 Å². The van der Waals surface area contributed by atoms with Crippen LogP contribution in [0.1, 0.15) is 56.7 Å². The molecule has 33 heavy (non-hydrogen) atoms. The summed E-state index contributed by atoms with van der Waals surface area (Å²) in [6.45, 7) is 5.15. The second kappa shape index (κ2) is 11.4. The highest BCUT2D eigenvalue weighted by molar-refractivity contribution is 9.10. The number of rotatable bonds is 10. The first kappa shape index (κ1) is 24.8. The zero-order valence-electron chi connectivity index (χ0n) is 19.3. The summed E-state index contributed by atoms with van der Waals surface area (Å²) < 4.78 is 11.7. The second-order valence-electron chi connectivity index (χ2n) is 7.97. The average Bonchev–Trinajstić information content (AvgIpc) is 3.07. The van der Waals surface area contributed by atoms with Crippen molar-refractivity contribution in [2.24, 2.45) is 0 Å². The number of benzene rings is 2. The molecular formula is C26H30BrNO5. The molecule has 1 atom stereocenters. The van der Waals surface area contributed by atoms with E-state index in [0.29, 0.717) is 35.4 Å². The Morgan fingerprint density at radius 2 is 1.79 bits per heavy atom. The minimum Gasteiger partial charge on any atom is -0.507 e. The number of unbranched alkanes of at least 4 members (excludes halogenated alkanes) is 2. The van der Waals surface area contributed by atoms with Crippen LogP contribution in [0.3, 0.4) is 0 Å². The van der Waals surface area contributed by atoms with Gasteiger partial charge in [0.2, 0.25) is 0 Å². The first-order chi connectivity index (χ1) is 15.9. The molecular weight excluding hydrogens is 486 g/mol. The minimum absolute atomic E-state index is 0.0853. The summed E-state index contributed by atoms with van der Waals surface area (Å²) in [5.41, 5.74) is 1.26. The molecule has 176 valence electrons. The summed E-state index contributed by atoms with van der Waals surface area (Å²) in [5.74, 6) is -0.153. The number of aliphatic hydroxyl groups is 1. The Morgan fingerprint density at radius 3 is 2.39 bits per heavy atom. The van der Waals surface area contributed by atoms with E-state index in [-0.39, 0.29) is 11.3 Å². The fraction of sp³-hybridized carbons (Fsp3) is 0.385. The van der Waals surface area contributed by atoms with Gasteiger partial charge in [-0.2, -0.15) is 0 Å². The lowest BCUT2D eigenvalue weighted by molar-refractivity contribution is -0.139. The molecule has 1 saturated heterocycles. The van der Waals surface area contributed by atoms with Gasteiger partial charge in [-0.1, -0.05) is 38.8 Å². The molecule has 3 rings (SSSR count). The third-order valence-corrected chi connectivity index (χ3v) is 6.26. The molecule has 1 amide bonds. The van der Waals surface area contributed by atoms with Crippen molar-refractivity contribution in [3.05, 3.63) is 63.6 Å². The normalized spacial score (nSPS) is 17.5. The lowest BCUT2D eigenvalue weighted by Crippen LogP contribution is -2.30. The number of aliphatic hydroxyl groups excluding tert-OH is 1. The Balaban J connectivity index is 1.99. The Kier molecular flexibility index (Phi) is 8.55. The fourth-order valence-corrected chi connectivity index (χ4v) is 4.50. The topological polar surface area (TPSA) is 76.1 Å². The highest BCUT2D eigenvalue weighted by Crippen LogP contribution is 2.40. The first-order valence-electron chi connectivity index (χ1n) is 11.3. The number of ether oxygens (including phenoxy) is 2. The predicted molar refractivity (Wildman–Crippen MR) is 131 cm³/mol. The van der Waals surface area contributed by atoms with Gasteiger partial charge in [0.25, 0.3) is 11.7 Å². The summed E-state index contributed by atoms with van der Waals surface area (Å²) in [7, 11) is 1.55. The molecule has 0 aliphatic carbocycles. The van der Waals surface area contributed by atoms with Crippen molar-refractivity contribution in [3.63, 3.8) is 0 Å². The van der Waals surface area contributed by atoms with E-state index in [0.717, 1.165) is 30.6 Å². The van der Waals surface area contributed by atoms with Gasteiger partial charge < -0.3 is 19.5 Å². The largest absolute Gasteiger partial charge is 0.507 e. The van der Waals surface area contributed by atoms with Gasteiger partial charge in [-0.25, -0.2) is 0 Å². The van der Waals surface area contributed by atoms with Crippen molar-refractivity contribution in [2.45, 2.75) is 45.6 Å². The molecule has 1 aliphatic heterocycles. The number of Topliss-reactive ketones (excluding diaryl/α,β-unsaturated/α-hetero) is 1. The highest BCUT2D eigenvalue weighted by Gasteiger charge is 2.45. The van der Waals surface area contributed by atoms with Crippen LogP contribution in [0.15, 0.2) is 52.5 Å². The maximum absolute atomic E-state index is 13.0.